The molecule has 17 heavy (non-hydrogen) atoms. The molecule has 0 spiro atoms. The Morgan fingerprint density at radius 2 is 1.88 bits per heavy atom. The van der Waals surface area contributed by atoms with Crippen LogP contribution in [-0.4, -0.2) is 11.2 Å². The number of rotatable bonds is 3. The van der Waals surface area contributed by atoms with E-state index >= 15 is 0 Å². The van der Waals surface area contributed by atoms with Gasteiger partial charge in [0.15, 0.2) is 0 Å². The predicted octanol–water partition coefficient (Wildman–Crippen LogP) is 2.43. The second kappa shape index (κ2) is 5.21. The highest BCUT2D eigenvalue weighted by molar-refractivity contribution is 7.98. The summed E-state index contributed by atoms with van der Waals surface area (Å²) in [6, 6.07) is 11.7. The molecule has 0 fully saturated rings. The summed E-state index contributed by atoms with van der Waals surface area (Å²) in [6.07, 6.45) is 3.72. The van der Waals surface area contributed by atoms with Gasteiger partial charge in [-0.1, -0.05) is 18.2 Å². The highest BCUT2D eigenvalue weighted by atomic mass is 32.2. The third-order valence-electron chi connectivity index (χ3n) is 2.68. The van der Waals surface area contributed by atoms with Crippen LogP contribution in [0.3, 0.4) is 0 Å². The van der Waals surface area contributed by atoms with Crippen molar-refractivity contribution in [2.75, 3.05) is 12.0 Å². The van der Waals surface area contributed by atoms with Gasteiger partial charge in [-0.05, 0) is 30.0 Å². The number of nitrogens with zero attached hydrogens (tertiary/aromatic N) is 1. The van der Waals surface area contributed by atoms with E-state index in [1.165, 1.54) is 4.90 Å². The molecule has 0 saturated heterocycles. The zero-order valence-corrected chi connectivity index (χ0v) is 10.4. The Balaban J connectivity index is 2.30. The Morgan fingerprint density at radius 1 is 1.18 bits per heavy atom. The maximum absolute atomic E-state index is 6.18. The summed E-state index contributed by atoms with van der Waals surface area (Å²) in [4.78, 5) is 5.28. The van der Waals surface area contributed by atoms with Gasteiger partial charge in [0, 0.05) is 16.7 Å². The van der Waals surface area contributed by atoms with Gasteiger partial charge in [-0.2, -0.15) is 0 Å². The number of hydrogen-bond acceptors (Lipinski definition) is 4. The molecule has 4 N–H and O–H groups in total. The van der Waals surface area contributed by atoms with E-state index in [0.29, 0.717) is 5.82 Å². The van der Waals surface area contributed by atoms with Crippen molar-refractivity contribution >= 4 is 17.6 Å². The SMILES string of the molecule is CSc1ccc(C(N)c2cccnc2N)cc1. The fourth-order valence-electron chi connectivity index (χ4n) is 1.68. The number of anilines is 1. The minimum atomic E-state index is -0.223. The lowest BCUT2D eigenvalue weighted by Gasteiger charge is -2.14. The van der Waals surface area contributed by atoms with Crippen molar-refractivity contribution in [3.05, 3.63) is 53.7 Å². The normalized spacial score (nSPS) is 12.4. The molecule has 4 heteroatoms. The zero-order valence-electron chi connectivity index (χ0n) is 9.63. The number of thioether (sulfide) groups is 1. The zero-order chi connectivity index (χ0) is 12.3. The van der Waals surface area contributed by atoms with E-state index in [1.807, 2.05) is 30.5 Å². The van der Waals surface area contributed by atoms with Crippen LogP contribution in [0.15, 0.2) is 47.5 Å². The minimum Gasteiger partial charge on any atom is -0.383 e. The summed E-state index contributed by atoms with van der Waals surface area (Å²) >= 11 is 1.71. The van der Waals surface area contributed by atoms with E-state index in [0.717, 1.165) is 11.1 Å². The summed E-state index contributed by atoms with van der Waals surface area (Å²) in [5.74, 6) is 0.494. The largest absolute Gasteiger partial charge is 0.383 e. The maximum Gasteiger partial charge on any atom is 0.128 e. The highest BCUT2D eigenvalue weighted by Crippen LogP contribution is 2.24. The minimum absolute atomic E-state index is 0.223. The number of nitrogens with two attached hydrogens (primary N) is 2. The lowest BCUT2D eigenvalue weighted by Crippen LogP contribution is -2.14. The van der Waals surface area contributed by atoms with E-state index in [2.05, 4.69) is 17.1 Å². The van der Waals surface area contributed by atoms with E-state index in [1.54, 1.807) is 18.0 Å². The summed E-state index contributed by atoms with van der Waals surface area (Å²) < 4.78 is 0. The summed E-state index contributed by atoms with van der Waals surface area (Å²) in [6.45, 7) is 0. The van der Waals surface area contributed by atoms with E-state index in [-0.39, 0.29) is 6.04 Å². The molecule has 0 radical (unpaired) electrons. The molecule has 0 amide bonds. The third kappa shape index (κ3) is 2.60. The first-order valence-corrected chi connectivity index (χ1v) is 6.54. The van der Waals surface area contributed by atoms with Gasteiger partial charge in [0.05, 0.1) is 6.04 Å². The molecule has 1 unspecified atom stereocenters. The molecule has 1 aromatic carbocycles. The lowest BCUT2D eigenvalue weighted by molar-refractivity contribution is 0.866. The monoisotopic (exact) mass is 245 g/mol. The van der Waals surface area contributed by atoms with Crippen LogP contribution in [0.25, 0.3) is 0 Å². The van der Waals surface area contributed by atoms with Crippen LogP contribution in [0, 0.1) is 0 Å². The van der Waals surface area contributed by atoms with E-state index in [4.69, 9.17) is 11.5 Å². The van der Waals surface area contributed by atoms with Crippen LogP contribution in [0.5, 0.6) is 0 Å². The Hall–Kier alpha value is -1.52. The first kappa shape index (κ1) is 12.0. The van der Waals surface area contributed by atoms with Crippen molar-refractivity contribution in [2.45, 2.75) is 10.9 Å². The van der Waals surface area contributed by atoms with Crippen molar-refractivity contribution in [3.63, 3.8) is 0 Å². The predicted molar refractivity (Wildman–Crippen MR) is 72.9 cm³/mol. The maximum atomic E-state index is 6.18. The summed E-state index contributed by atoms with van der Waals surface area (Å²) in [7, 11) is 0. The average Bonchev–Trinajstić information content (AvgIpc) is 2.39. The number of aromatic nitrogens is 1. The molecule has 0 aliphatic rings. The molecule has 0 saturated carbocycles. The Morgan fingerprint density at radius 3 is 2.47 bits per heavy atom. The fourth-order valence-corrected chi connectivity index (χ4v) is 2.09. The van der Waals surface area contributed by atoms with Gasteiger partial charge >= 0.3 is 0 Å². The Kier molecular flexibility index (Phi) is 3.66. The van der Waals surface area contributed by atoms with Crippen LogP contribution in [0.2, 0.25) is 0 Å². The van der Waals surface area contributed by atoms with Crippen LogP contribution < -0.4 is 11.5 Å². The molecular formula is C13H15N3S. The van der Waals surface area contributed by atoms with Gasteiger partial charge in [-0.3, -0.25) is 0 Å². The Labute approximate surface area is 105 Å². The first-order valence-electron chi connectivity index (χ1n) is 5.32. The molecular weight excluding hydrogens is 230 g/mol. The lowest BCUT2D eigenvalue weighted by atomic mass is 10.0. The summed E-state index contributed by atoms with van der Waals surface area (Å²) in [5, 5.41) is 0. The van der Waals surface area contributed by atoms with E-state index < -0.39 is 0 Å². The molecule has 0 bridgehead atoms. The van der Waals surface area contributed by atoms with Crippen molar-refractivity contribution in [2.24, 2.45) is 5.73 Å². The summed E-state index contributed by atoms with van der Waals surface area (Å²) in [5.41, 5.74) is 13.9. The smallest absolute Gasteiger partial charge is 0.128 e. The van der Waals surface area contributed by atoms with Gasteiger partial charge in [0.2, 0.25) is 0 Å². The van der Waals surface area contributed by atoms with Gasteiger partial charge in [0.25, 0.3) is 0 Å². The average molecular weight is 245 g/mol. The molecule has 1 heterocycles. The fraction of sp³-hybridized carbons (Fsp3) is 0.154. The first-order chi connectivity index (χ1) is 8.22. The van der Waals surface area contributed by atoms with Gasteiger partial charge < -0.3 is 11.5 Å². The van der Waals surface area contributed by atoms with Gasteiger partial charge in [-0.15, -0.1) is 11.8 Å². The Bertz CT molecular complexity index is 496. The van der Waals surface area contributed by atoms with Crippen LogP contribution in [-0.2, 0) is 0 Å². The van der Waals surface area contributed by atoms with Gasteiger partial charge in [-0.25, -0.2) is 4.98 Å². The van der Waals surface area contributed by atoms with Crippen molar-refractivity contribution < 1.29 is 0 Å². The standard InChI is InChI=1S/C13H15N3S/c1-17-10-6-4-9(5-7-10)12(14)11-3-2-8-16-13(11)15/h2-8,12H,14H2,1H3,(H2,15,16). The van der Waals surface area contributed by atoms with E-state index in [9.17, 15) is 0 Å². The van der Waals surface area contributed by atoms with Crippen LogP contribution in [0.4, 0.5) is 5.82 Å². The molecule has 3 nitrogen and oxygen atoms in total. The van der Waals surface area contributed by atoms with Crippen LogP contribution in [0.1, 0.15) is 17.2 Å². The second-order valence-electron chi connectivity index (χ2n) is 3.73. The number of benzene rings is 1. The quantitative estimate of drug-likeness (QED) is 0.815. The molecule has 1 atom stereocenters. The number of pyridine rings is 1. The molecule has 0 aliphatic carbocycles. The number of nitrogen functional groups attached to an aromatic ring is 1. The van der Waals surface area contributed by atoms with Crippen molar-refractivity contribution in [1.29, 1.82) is 0 Å². The molecule has 1 aromatic heterocycles. The number of hydrogen-bond donors (Lipinski definition) is 2. The van der Waals surface area contributed by atoms with Crippen LogP contribution >= 0.6 is 11.8 Å². The van der Waals surface area contributed by atoms with Gasteiger partial charge in [0.1, 0.15) is 5.82 Å². The van der Waals surface area contributed by atoms with Crippen molar-refractivity contribution in [3.8, 4) is 0 Å². The molecule has 88 valence electrons. The molecule has 2 rings (SSSR count). The van der Waals surface area contributed by atoms with Crippen molar-refractivity contribution in [1.82, 2.24) is 4.98 Å². The molecule has 0 aliphatic heterocycles. The highest BCUT2D eigenvalue weighted by Gasteiger charge is 2.11. The third-order valence-corrected chi connectivity index (χ3v) is 3.42. The second-order valence-corrected chi connectivity index (χ2v) is 4.61. The topological polar surface area (TPSA) is 64.9 Å². The molecule has 2 aromatic rings.